The summed E-state index contributed by atoms with van der Waals surface area (Å²) in [4.78, 5) is 14.0. The zero-order valence-electron chi connectivity index (χ0n) is 13.6. The molecule has 2 fully saturated rings. The molecule has 1 unspecified atom stereocenters. The second-order valence-corrected chi connectivity index (χ2v) is 7.59. The van der Waals surface area contributed by atoms with Gasteiger partial charge >= 0.3 is 0 Å². The smallest absolute Gasteiger partial charge is 0.138 e. The minimum atomic E-state index is 0.511. The van der Waals surface area contributed by atoms with Crippen LogP contribution < -0.4 is 5.32 Å². The molecule has 1 atom stereocenters. The van der Waals surface area contributed by atoms with Gasteiger partial charge in [0.2, 0.25) is 0 Å². The zero-order chi connectivity index (χ0) is 15.6. The Labute approximate surface area is 141 Å². The van der Waals surface area contributed by atoms with Gasteiger partial charge in [-0.2, -0.15) is 0 Å². The average Bonchev–Trinajstić information content (AvgIpc) is 3.25. The number of nitrogens with zero attached hydrogens (tertiary/aromatic N) is 3. The Bertz CT molecular complexity index is 660. The third-order valence-electron chi connectivity index (χ3n) is 5.02. The van der Waals surface area contributed by atoms with Crippen LogP contribution in [0.15, 0.2) is 12.4 Å². The first kappa shape index (κ1) is 15.3. The molecule has 0 saturated carbocycles. The SMILES string of the molecule is CCc1cc2c(NC3CCN(C4CCOC4)CC3)ncnc2s1. The highest BCUT2D eigenvalue weighted by Crippen LogP contribution is 2.30. The highest BCUT2D eigenvalue weighted by atomic mass is 32.1. The molecule has 2 aromatic rings. The van der Waals surface area contributed by atoms with Crippen molar-refractivity contribution in [1.82, 2.24) is 14.9 Å². The number of nitrogens with one attached hydrogen (secondary N) is 1. The minimum Gasteiger partial charge on any atom is -0.380 e. The fourth-order valence-corrected chi connectivity index (χ4v) is 4.54. The number of fused-ring (bicyclic) bond motifs is 1. The lowest BCUT2D eigenvalue weighted by Gasteiger charge is -2.35. The highest BCUT2D eigenvalue weighted by molar-refractivity contribution is 7.18. The quantitative estimate of drug-likeness (QED) is 0.933. The van der Waals surface area contributed by atoms with Gasteiger partial charge in [0.1, 0.15) is 17.0 Å². The molecule has 2 saturated heterocycles. The molecule has 0 amide bonds. The van der Waals surface area contributed by atoms with Gasteiger partial charge in [0, 0.05) is 36.7 Å². The van der Waals surface area contributed by atoms with Crippen molar-refractivity contribution >= 4 is 27.4 Å². The van der Waals surface area contributed by atoms with Gasteiger partial charge in [0.05, 0.1) is 12.0 Å². The second kappa shape index (κ2) is 6.71. The molecule has 4 heterocycles. The van der Waals surface area contributed by atoms with Crippen molar-refractivity contribution in [3.63, 3.8) is 0 Å². The number of aromatic nitrogens is 2. The minimum absolute atomic E-state index is 0.511. The Morgan fingerprint density at radius 3 is 2.91 bits per heavy atom. The Hall–Kier alpha value is -1.24. The van der Waals surface area contributed by atoms with Gasteiger partial charge in [-0.25, -0.2) is 9.97 Å². The van der Waals surface area contributed by atoms with Crippen molar-refractivity contribution in [3.05, 3.63) is 17.3 Å². The predicted octanol–water partition coefficient (Wildman–Crippen LogP) is 2.92. The number of thiophene rings is 1. The van der Waals surface area contributed by atoms with Gasteiger partial charge in [-0.05, 0) is 31.7 Å². The molecule has 4 rings (SSSR count). The molecule has 124 valence electrons. The summed E-state index contributed by atoms with van der Waals surface area (Å²) in [5, 5.41) is 4.85. The molecular weight excluding hydrogens is 308 g/mol. The summed E-state index contributed by atoms with van der Waals surface area (Å²) >= 11 is 1.78. The summed E-state index contributed by atoms with van der Waals surface area (Å²) in [6.07, 6.45) is 6.28. The Balaban J connectivity index is 1.42. The zero-order valence-corrected chi connectivity index (χ0v) is 14.4. The van der Waals surface area contributed by atoms with Crippen LogP contribution in [0.25, 0.3) is 10.2 Å². The molecule has 1 N–H and O–H groups in total. The van der Waals surface area contributed by atoms with Gasteiger partial charge in [-0.1, -0.05) is 6.92 Å². The molecule has 23 heavy (non-hydrogen) atoms. The van der Waals surface area contributed by atoms with Crippen molar-refractivity contribution in [3.8, 4) is 0 Å². The molecule has 2 aliphatic rings. The first-order chi connectivity index (χ1) is 11.3. The molecule has 0 aliphatic carbocycles. The predicted molar refractivity (Wildman–Crippen MR) is 94.2 cm³/mol. The number of ether oxygens (including phenoxy) is 1. The van der Waals surface area contributed by atoms with Crippen LogP contribution in [0.3, 0.4) is 0 Å². The second-order valence-electron chi connectivity index (χ2n) is 6.48. The molecule has 2 aliphatic heterocycles. The third kappa shape index (κ3) is 3.20. The van der Waals surface area contributed by atoms with E-state index in [2.05, 4.69) is 33.2 Å². The van der Waals surface area contributed by atoms with E-state index in [0.717, 1.165) is 43.4 Å². The number of anilines is 1. The molecule has 6 heteroatoms. The van der Waals surface area contributed by atoms with Crippen molar-refractivity contribution in [1.29, 1.82) is 0 Å². The molecular formula is C17H24N4OS. The lowest BCUT2D eigenvalue weighted by atomic mass is 10.0. The van der Waals surface area contributed by atoms with Crippen LogP contribution in [0.4, 0.5) is 5.82 Å². The first-order valence-corrected chi connectivity index (χ1v) is 9.47. The van der Waals surface area contributed by atoms with E-state index in [0.29, 0.717) is 12.1 Å². The van der Waals surface area contributed by atoms with E-state index in [-0.39, 0.29) is 0 Å². The van der Waals surface area contributed by atoms with E-state index >= 15 is 0 Å². The Morgan fingerprint density at radius 2 is 2.17 bits per heavy atom. The van der Waals surface area contributed by atoms with Gasteiger partial charge in [-0.3, -0.25) is 4.90 Å². The fraction of sp³-hybridized carbons (Fsp3) is 0.647. The van der Waals surface area contributed by atoms with Crippen LogP contribution in [0.5, 0.6) is 0 Å². The molecule has 0 spiro atoms. The van der Waals surface area contributed by atoms with E-state index in [4.69, 9.17) is 4.74 Å². The van der Waals surface area contributed by atoms with Crippen molar-refractivity contribution < 1.29 is 4.74 Å². The standard InChI is InChI=1S/C17H24N4OS/c1-2-14-9-15-16(18-11-19-17(15)23-14)20-12-3-6-21(7-4-12)13-5-8-22-10-13/h9,11-13H,2-8,10H2,1H3,(H,18,19,20). The summed E-state index contributed by atoms with van der Waals surface area (Å²) in [6, 6.07) is 3.40. The first-order valence-electron chi connectivity index (χ1n) is 8.65. The normalized spacial score (nSPS) is 23.6. The van der Waals surface area contributed by atoms with Crippen LogP contribution in [0.2, 0.25) is 0 Å². The van der Waals surface area contributed by atoms with E-state index in [1.165, 1.54) is 29.5 Å². The van der Waals surface area contributed by atoms with Gasteiger partial charge in [0.15, 0.2) is 0 Å². The number of rotatable bonds is 4. The lowest BCUT2D eigenvalue weighted by Crippen LogP contribution is -2.44. The van der Waals surface area contributed by atoms with Gasteiger partial charge < -0.3 is 10.1 Å². The summed E-state index contributed by atoms with van der Waals surface area (Å²) in [7, 11) is 0. The maximum Gasteiger partial charge on any atom is 0.138 e. The fourth-order valence-electron chi connectivity index (χ4n) is 3.61. The molecule has 2 aromatic heterocycles. The molecule has 0 bridgehead atoms. The van der Waals surface area contributed by atoms with Crippen molar-refractivity contribution in [2.45, 2.75) is 44.7 Å². The highest BCUT2D eigenvalue weighted by Gasteiger charge is 2.27. The summed E-state index contributed by atoms with van der Waals surface area (Å²) in [5.41, 5.74) is 0. The number of hydrogen-bond donors (Lipinski definition) is 1. The number of aryl methyl sites for hydroxylation is 1. The van der Waals surface area contributed by atoms with Crippen molar-refractivity contribution in [2.24, 2.45) is 0 Å². The average molecular weight is 332 g/mol. The monoisotopic (exact) mass is 332 g/mol. The third-order valence-corrected chi connectivity index (χ3v) is 6.21. The molecule has 0 radical (unpaired) electrons. The van der Waals surface area contributed by atoms with Crippen LogP contribution in [0, 0.1) is 0 Å². The number of piperidine rings is 1. The van der Waals surface area contributed by atoms with E-state index in [1.54, 1.807) is 17.7 Å². The van der Waals surface area contributed by atoms with Crippen molar-refractivity contribution in [2.75, 3.05) is 31.6 Å². The van der Waals surface area contributed by atoms with Gasteiger partial charge in [-0.15, -0.1) is 11.3 Å². The molecule has 0 aromatic carbocycles. The van der Waals surface area contributed by atoms with Crippen LogP contribution >= 0.6 is 11.3 Å². The van der Waals surface area contributed by atoms with E-state index in [9.17, 15) is 0 Å². The number of hydrogen-bond acceptors (Lipinski definition) is 6. The molecule has 5 nitrogen and oxygen atoms in total. The van der Waals surface area contributed by atoms with Crippen LogP contribution in [-0.2, 0) is 11.2 Å². The van der Waals surface area contributed by atoms with Crippen LogP contribution in [-0.4, -0.2) is 53.3 Å². The largest absolute Gasteiger partial charge is 0.380 e. The number of likely N-dealkylation sites (tertiary alicyclic amines) is 1. The maximum absolute atomic E-state index is 5.52. The maximum atomic E-state index is 5.52. The Kier molecular flexibility index (Phi) is 4.46. The summed E-state index contributed by atoms with van der Waals surface area (Å²) < 4.78 is 5.52. The Morgan fingerprint density at radius 1 is 1.30 bits per heavy atom. The van der Waals surface area contributed by atoms with E-state index < -0.39 is 0 Å². The lowest BCUT2D eigenvalue weighted by molar-refractivity contribution is 0.124. The summed E-state index contributed by atoms with van der Waals surface area (Å²) in [5.74, 6) is 1.01. The topological polar surface area (TPSA) is 50.3 Å². The van der Waals surface area contributed by atoms with Gasteiger partial charge in [0.25, 0.3) is 0 Å². The summed E-state index contributed by atoms with van der Waals surface area (Å²) in [6.45, 7) is 6.35. The van der Waals surface area contributed by atoms with Crippen LogP contribution in [0.1, 0.15) is 31.1 Å². The van der Waals surface area contributed by atoms with E-state index in [1.807, 2.05) is 0 Å².